The Bertz CT molecular complexity index is 816. The van der Waals surface area contributed by atoms with Gasteiger partial charge in [0.05, 0.1) is 5.75 Å². The van der Waals surface area contributed by atoms with Gasteiger partial charge in [-0.15, -0.1) is 20.5 Å². The molecule has 1 aliphatic heterocycles. The van der Waals surface area contributed by atoms with E-state index in [2.05, 4.69) is 14.8 Å². The molecular formula is C17H13F2NO5S. The maximum absolute atomic E-state index is 12.9. The van der Waals surface area contributed by atoms with Crippen molar-refractivity contribution >= 4 is 29.3 Å². The minimum Gasteiger partial charge on any atom is -0.455 e. The Kier molecular flexibility index (Phi) is 5.27. The van der Waals surface area contributed by atoms with E-state index < -0.39 is 24.8 Å². The van der Waals surface area contributed by atoms with Gasteiger partial charge in [0, 0.05) is 16.6 Å². The zero-order valence-electron chi connectivity index (χ0n) is 13.2. The zero-order valence-corrected chi connectivity index (χ0v) is 14.1. The van der Waals surface area contributed by atoms with Crippen molar-refractivity contribution in [2.75, 3.05) is 17.7 Å². The molecule has 1 N–H and O–H groups in total. The van der Waals surface area contributed by atoms with Crippen molar-refractivity contribution in [3.05, 3.63) is 48.5 Å². The van der Waals surface area contributed by atoms with Crippen LogP contribution in [0.25, 0.3) is 0 Å². The molecule has 0 radical (unpaired) electrons. The fraction of sp³-hybridized carbons (Fsp3) is 0.176. The smallest absolute Gasteiger partial charge is 0.455 e. The van der Waals surface area contributed by atoms with Gasteiger partial charge in [-0.2, -0.15) is 0 Å². The fourth-order valence-corrected chi connectivity index (χ4v) is 2.79. The third-order valence-corrected chi connectivity index (χ3v) is 4.13. The molecule has 1 heterocycles. The van der Waals surface area contributed by atoms with Crippen molar-refractivity contribution in [2.24, 2.45) is 0 Å². The summed E-state index contributed by atoms with van der Waals surface area (Å²) in [5.74, 6) is -1.40. The summed E-state index contributed by atoms with van der Waals surface area (Å²) in [6.45, 7) is -0.487. The number of fused-ring (bicyclic) bond motifs is 1. The summed E-state index contributed by atoms with van der Waals surface area (Å²) < 4.78 is 39.3. The van der Waals surface area contributed by atoms with Crippen LogP contribution in [0.5, 0.6) is 11.5 Å². The molecule has 26 heavy (non-hydrogen) atoms. The number of hydrogen-bond donors (Lipinski definition) is 1. The molecule has 2 aromatic carbocycles. The summed E-state index contributed by atoms with van der Waals surface area (Å²) in [7, 11) is 0. The maximum atomic E-state index is 12.9. The second-order valence-electron chi connectivity index (χ2n) is 5.14. The van der Waals surface area contributed by atoms with Gasteiger partial charge < -0.3 is 19.5 Å². The molecule has 0 bridgehead atoms. The Morgan fingerprint density at radius 2 is 1.81 bits per heavy atom. The average molecular weight is 381 g/mol. The average Bonchev–Trinajstić information content (AvgIpc) is 2.92. The van der Waals surface area contributed by atoms with Gasteiger partial charge in [-0.3, -0.25) is 9.59 Å². The van der Waals surface area contributed by atoms with Crippen LogP contribution >= 0.6 is 11.8 Å². The molecule has 0 saturated heterocycles. The normalized spacial score (nSPS) is 13.9. The van der Waals surface area contributed by atoms with E-state index in [1.54, 1.807) is 0 Å². The maximum Gasteiger partial charge on any atom is 0.586 e. The summed E-state index contributed by atoms with van der Waals surface area (Å²) in [6, 6.07) is 13.1. The topological polar surface area (TPSA) is 73.9 Å². The quantitative estimate of drug-likeness (QED) is 0.612. The van der Waals surface area contributed by atoms with Gasteiger partial charge in [0.25, 0.3) is 5.91 Å². The number of anilines is 1. The van der Waals surface area contributed by atoms with Crippen LogP contribution in [-0.4, -0.2) is 30.5 Å². The Hall–Kier alpha value is -2.81. The number of carbonyl (C=O) groups excluding carboxylic acids is 2. The third kappa shape index (κ3) is 4.85. The largest absolute Gasteiger partial charge is 0.586 e. The van der Waals surface area contributed by atoms with E-state index >= 15 is 0 Å². The minimum atomic E-state index is -3.73. The van der Waals surface area contributed by atoms with Gasteiger partial charge in [0.1, 0.15) is 0 Å². The van der Waals surface area contributed by atoms with Crippen molar-refractivity contribution in [1.82, 2.24) is 0 Å². The molecule has 0 unspecified atom stereocenters. The lowest BCUT2D eigenvalue weighted by Gasteiger charge is -2.07. The molecule has 0 saturated carbocycles. The SMILES string of the molecule is O=C(COC(=O)CSc1ccccc1)Nc1ccc2c(c1)OC(F)(F)O2. The molecule has 3 rings (SSSR count). The molecule has 0 aliphatic carbocycles. The fourth-order valence-electron chi connectivity index (χ4n) is 2.07. The van der Waals surface area contributed by atoms with Gasteiger partial charge in [0.15, 0.2) is 18.1 Å². The van der Waals surface area contributed by atoms with Crippen LogP contribution < -0.4 is 14.8 Å². The number of rotatable bonds is 6. The summed E-state index contributed by atoms with van der Waals surface area (Å²) in [6.07, 6.45) is -3.73. The highest BCUT2D eigenvalue weighted by molar-refractivity contribution is 8.00. The lowest BCUT2D eigenvalue weighted by atomic mass is 10.3. The Morgan fingerprint density at radius 1 is 1.08 bits per heavy atom. The van der Waals surface area contributed by atoms with Crippen molar-refractivity contribution in [2.45, 2.75) is 11.2 Å². The molecule has 136 valence electrons. The van der Waals surface area contributed by atoms with E-state index in [0.29, 0.717) is 0 Å². The number of amides is 1. The number of carbonyl (C=O) groups is 2. The predicted octanol–water partition coefficient (Wildman–Crippen LogP) is 3.28. The monoisotopic (exact) mass is 381 g/mol. The first kappa shape index (κ1) is 18.0. The van der Waals surface area contributed by atoms with Crippen molar-refractivity contribution in [1.29, 1.82) is 0 Å². The van der Waals surface area contributed by atoms with Gasteiger partial charge in [-0.25, -0.2) is 0 Å². The molecule has 2 aromatic rings. The lowest BCUT2D eigenvalue weighted by Crippen LogP contribution is -2.25. The molecule has 0 aromatic heterocycles. The highest BCUT2D eigenvalue weighted by atomic mass is 32.2. The molecule has 0 fully saturated rings. The molecule has 1 amide bonds. The lowest BCUT2D eigenvalue weighted by molar-refractivity contribution is -0.286. The van der Waals surface area contributed by atoms with Crippen LogP contribution in [0.15, 0.2) is 53.4 Å². The second kappa shape index (κ2) is 7.61. The summed E-state index contributed by atoms with van der Waals surface area (Å²) in [5.41, 5.74) is 0.213. The highest BCUT2D eigenvalue weighted by Crippen LogP contribution is 2.42. The van der Waals surface area contributed by atoms with Crippen LogP contribution in [0, 0.1) is 0 Å². The van der Waals surface area contributed by atoms with E-state index in [1.165, 1.54) is 30.0 Å². The van der Waals surface area contributed by atoms with E-state index in [0.717, 1.165) is 4.90 Å². The highest BCUT2D eigenvalue weighted by Gasteiger charge is 2.43. The first-order chi connectivity index (χ1) is 12.4. The summed E-state index contributed by atoms with van der Waals surface area (Å²) >= 11 is 1.29. The molecular weight excluding hydrogens is 368 g/mol. The van der Waals surface area contributed by atoms with Crippen LogP contribution in [0.1, 0.15) is 0 Å². The summed E-state index contributed by atoms with van der Waals surface area (Å²) in [5, 5.41) is 2.42. The molecule has 0 atom stereocenters. The molecule has 0 spiro atoms. The number of benzene rings is 2. The third-order valence-electron chi connectivity index (χ3n) is 3.15. The zero-order chi connectivity index (χ0) is 18.6. The van der Waals surface area contributed by atoms with Crippen molar-refractivity contribution in [3.8, 4) is 11.5 Å². The first-order valence-electron chi connectivity index (χ1n) is 7.44. The molecule has 9 heteroatoms. The van der Waals surface area contributed by atoms with Crippen molar-refractivity contribution < 1.29 is 32.6 Å². The Morgan fingerprint density at radius 3 is 2.58 bits per heavy atom. The number of hydrogen-bond acceptors (Lipinski definition) is 6. The number of nitrogens with one attached hydrogen (secondary N) is 1. The van der Waals surface area contributed by atoms with E-state index in [4.69, 9.17) is 4.74 Å². The van der Waals surface area contributed by atoms with Gasteiger partial charge in [0.2, 0.25) is 0 Å². The van der Waals surface area contributed by atoms with Gasteiger partial charge in [-0.1, -0.05) is 18.2 Å². The number of halogens is 2. The van der Waals surface area contributed by atoms with Gasteiger partial charge >= 0.3 is 12.3 Å². The number of thioether (sulfide) groups is 1. The van der Waals surface area contributed by atoms with Crippen LogP contribution in [-0.2, 0) is 14.3 Å². The minimum absolute atomic E-state index is 0.0659. The number of alkyl halides is 2. The van der Waals surface area contributed by atoms with E-state index in [1.807, 2.05) is 30.3 Å². The Labute approximate surface area is 151 Å². The molecule has 6 nitrogen and oxygen atoms in total. The molecule has 1 aliphatic rings. The second-order valence-corrected chi connectivity index (χ2v) is 6.19. The van der Waals surface area contributed by atoms with Crippen LogP contribution in [0.2, 0.25) is 0 Å². The Balaban J connectivity index is 1.44. The van der Waals surface area contributed by atoms with Crippen LogP contribution in [0.3, 0.4) is 0 Å². The van der Waals surface area contributed by atoms with E-state index in [9.17, 15) is 18.4 Å². The predicted molar refractivity (Wildman–Crippen MR) is 89.4 cm³/mol. The van der Waals surface area contributed by atoms with Gasteiger partial charge in [-0.05, 0) is 24.3 Å². The number of esters is 1. The number of ether oxygens (including phenoxy) is 3. The van der Waals surface area contributed by atoms with Crippen molar-refractivity contribution in [3.63, 3.8) is 0 Å². The van der Waals surface area contributed by atoms with E-state index in [-0.39, 0.29) is 22.9 Å². The standard InChI is InChI=1S/C17H13F2NO5S/c18-17(19)24-13-7-6-11(8-14(13)25-17)20-15(21)9-23-16(22)10-26-12-4-2-1-3-5-12/h1-8H,9-10H2,(H,20,21). The summed E-state index contributed by atoms with van der Waals surface area (Å²) in [4.78, 5) is 24.4. The first-order valence-corrected chi connectivity index (χ1v) is 8.43. The van der Waals surface area contributed by atoms with Crippen LogP contribution in [0.4, 0.5) is 14.5 Å².